The van der Waals surface area contributed by atoms with Crippen LogP contribution >= 0.6 is 15.9 Å². The van der Waals surface area contributed by atoms with Crippen LogP contribution in [0.25, 0.3) is 0 Å². The van der Waals surface area contributed by atoms with Crippen molar-refractivity contribution >= 4 is 34.9 Å². The zero-order valence-corrected chi connectivity index (χ0v) is 8.74. The van der Waals surface area contributed by atoms with Crippen LogP contribution in [0.2, 0.25) is 0 Å². The molecule has 0 amide bonds. The molecule has 62 valence electrons. The number of benzene rings is 1. The van der Waals surface area contributed by atoms with E-state index < -0.39 is 0 Å². The Morgan fingerprint density at radius 2 is 2.17 bits per heavy atom. The Hall–Kier alpha value is -0.435. The van der Waals surface area contributed by atoms with Gasteiger partial charge < -0.3 is 5.73 Å². The van der Waals surface area contributed by atoms with Gasteiger partial charge in [-0.1, -0.05) is 5.46 Å². The van der Waals surface area contributed by atoms with Gasteiger partial charge in [0.1, 0.15) is 7.85 Å². The van der Waals surface area contributed by atoms with Crippen LogP contribution in [0.5, 0.6) is 0 Å². The number of nitrogens with two attached hydrogens (primary N) is 1. The van der Waals surface area contributed by atoms with Crippen molar-refractivity contribution in [3.8, 4) is 0 Å². The topological polar surface area (TPSA) is 26.0 Å². The van der Waals surface area contributed by atoms with Crippen molar-refractivity contribution in [2.75, 3.05) is 5.73 Å². The molecule has 0 unspecified atom stereocenters. The molecule has 0 saturated carbocycles. The summed E-state index contributed by atoms with van der Waals surface area (Å²) in [5.74, 6) is 0. The number of hydrogen-bond acceptors (Lipinski definition) is 1. The first-order chi connectivity index (χ1) is 5.70. The van der Waals surface area contributed by atoms with Crippen LogP contribution in [0.15, 0.2) is 10.5 Å². The maximum absolute atomic E-state index is 5.91. The fourth-order valence-electron chi connectivity index (χ4n) is 1.93. The van der Waals surface area contributed by atoms with Crippen LogP contribution < -0.4 is 11.2 Å². The molecule has 0 aliphatic heterocycles. The molecule has 1 aromatic carbocycles. The van der Waals surface area contributed by atoms with Crippen molar-refractivity contribution in [2.24, 2.45) is 0 Å². The Balaban J connectivity index is 2.67. The third-order valence-corrected chi connectivity index (χ3v) is 3.33. The average Bonchev–Trinajstić information content (AvgIpc) is 2.48. The molecule has 1 aliphatic carbocycles. The van der Waals surface area contributed by atoms with Gasteiger partial charge in [0.25, 0.3) is 0 Å². The molecule has 0 saturated heterocycles. The van der Waals surface area contributed by atoms with E-state index in [4.69, 9.17) is 5.73 Å². The van der Waals surface area contributed by atoms with Crippen LogP contribution in [-0.4, -0.2) is 7.85 Å². The second-order valence-corrected chi connectivity index (χ2v) is 4.24. The maximum atomic E-state index is 5.91. The van der Waals surface area contributed by atoms with Gasteiger partial charge in [-0.25, -0.2) is 0 Å². The van der Waals surface area contributed by atoms with Crippen molar-refractivity contribution < 1.29 is 0 Å². The van der Waals surface area contributed by atoms with E-state index >= 15 is 0 Å². The monoisotopic (exact) mass is 223 g/mol. The summed E-state index contributed by atoms with van der Waals surface area (Å²) in [6.45, 7) is 0. The Morgan fingerprint density at radius 1 is 1.42 bits per heavy atom. The number of fused-ring (bicyclic) bond motifs is 1. The quantitative estimate of drug-likeness (QED) is 0.511. The molecule has 1 aromatic rings. The fourth-order valence-corrected chi connectivity index (χ4v) is 2.50. The highest BCUT2D eigenvalue weighted by Crippen LogP contribution is 2.27. The van der Waals surface area contributed by atoms with Crippen molar-refractivity contribution in [1.82, 2.24) is 0 Å². The molecule has 3 heteroatoms. The summed E-state index contributed by atoms with van der Waals surface area (Å²) >= 11 is 3.47. The van der Waals surface area contributed by atoms with Gasteiger partial charge >= 0.3 is 0 Å². The first kappa shape index (κ1) is 8.18. The fraction of sp³-hybridized carbons (Fsp3) is 0.333. The SMILES string of the molecule is Bc1c(N)c(Br)cc2c1CCC2. The normalized spacial score (nSPS) is 14.8. The number of nitrogen functional groups attached to an aromatic ring is 1. The first-order valence-corrected chi connectivity index (χ1v) is 5.06. The zero-order chi connectivity index (χ0) is 8.72. The van der Waals surface area contributed by atoms with Crippen molar-refractivity contribution in [2.45, 2.75) is 19.3 Å². The number of hydrogen-bond donors (Lipinski definition) is 1. The van der Waals surface area contributed by atoms with Gasteiger partial charge in [0, 0.05) is 10.2 Å². The predicted octanol–water partition coefficient (Wildman–Crippen LogP) is 0.778. The summed E-state index contributed by atoms with van der Waals surface area (Å²) in [6, 6.07) is 2.17. The molecule has 0 heterocycles. The zero-order valence-electron chi connectivity index (χ0n) is 7.15. The van der Waals surface area contributed by atoms with E-state index in [1.807, 2.05) is 0 Å². The lowest BCUT2D eigenvalue weighted by Gasteiger charge is -2.09. The number of rotatable bonds is 0. The van der Waals surface area contributed by atoms with Crippen LogP contribution in [0.1, 0.15) is 17.5 Å². The Kier molecular flexibility index (Phi) is 1.91. The molecule has 0 bridgehead atoms. The smallest absolute Gasteiger partial charge is 0.142 e. The van der Waals surface area contributed by atoms with E-state index in [2.05, 4.69) is 29.8 Å². The Labute approximate surface area is 81.9 Å². The first-order valence-electron chi connectivity index (χ1n) is 4.26. The molecule has 0 radical (unpaired) electrons. The Bertz CT molecular complexity index is 336. The molecular formula is C9H11BBrN. The summed E-state index contributed by atoms with van der Waals surface area (Å²) in [6.07, 6.45) is 3.71. The lowest BCUT2D eigenvalue weighted by Crippen LogP contribution is -2.16. The molecule has 0 aromatic heterocycles. The minimum atomic E-state index is 0.913. The van der Waals surface area contributed by atoms with E-state index in [1.54, 1.807) is 0 Å². The summed E-state index contributed by atoms with van der Waals surface area (Å²) in [7, 11) is 2.12. The maximum Gasteiger partial charge on any atom is 0.142 e. The highest BCUT2D eigenvalue weighted by molar-refractivity contribution is 9.10. The summed E-state index contributed by atoms with van der Waals surface area (Å²) < 4.78 is 1.06. The van der Waals surface area contributed by atoms with E-state index in [9.17, 15) is 0 Å². The van der Waals surface area contributed by atoms with Gasteiger partial charge in [0.05, 0.1) is 0 Å². The van der Waals surface area contributed by atoms with E-state index in [-0.39, 0.29) is 0 Å². The molecule has 2 rings (SSSR count). The van der Waals surface area contributed by atoms with Gasteiger partial charge in [-0.2, -0.15) is 0 Å². The molecule has 0 fully saturated rings. The molecule has 12 heavy (non-hydrogen) atoms. The molecule has 0 atom stereocenters. The van der Waals surface area contributed by atoms with Gasteiger partial charge in [-0.15, -0.1) is 0 Å². The van der Waals surface area contributed by atoms with Crippen LogP contribution in [0.4, 0.5) is 5.69 Å². The predicted molar refractivity (Wildman–Crippen MR) is 58.8 cm³/mol. The second kappa shape index (κ2) is 2.80. The molecule has 1 nitrogen and oxygen atoms in total. The summed E-state index contributed by atoms with van der Waals surface area (Å²) in [4.78, 5) is 0. The van der Waals surface area contributed by atoms with Crippen LogP contribution in [-0.2, 0) is 12.8 Å². The van der Waals surface area contributed by atoms with E-state index in [1.165, 1.54) is 35.9 Å². The van der Waals surface area contributed by atoms with Crippen molar-refractivity contribution in [1.29, 1.82) is 0 Å². The Morgan fingerprint density at radius 3 is 2.92 bits per heavy atom. The third-order valence-electron chi connectivity index (χ3n) is 2.68. The molecule has 2 N–H and O–H groups in total. The van der Waals surface area contributed by atoms with Crippen molar-refractivity contribution in [3.05, 3.63) is 21.7 Å². The summed E-state index contributed by atoms with van der Waals surface area (Å²) in [5.41, 5.74) is 11.1. The van der Waals surface area contributed by atoms with Crippen molar-refractivity contribution in [3.63, 3.8) is 0 Å². The largest absolute Gasteiger partial charge is 0.398 e. The molecule has 1 aliphatic rings. The van der Waals surface area contributed by atoms with Gasteiger partial charge in [-0.3, -0.25) is 0 Å². The standard InChI is InChI=1S/C9H11BBrN/c10-8-6-3-1-2-5(6)4-7(11)9(8)12/h4H,1-3,10,12H2. The highest BCUT2D eigenvalue weighted by atomic mass is 79.9. The number of halogens is 1. The van der Waals surface area contributed by atoms with Crippen LogP contribution in [0, 0.1) is 0 Å². The highest BCUT2D eigenvalue weighted by Gasteiger charge is 2.15. The molecule has 0 spiro atoms. The van der Waals surface area contributed by atoms with E-state index in [0.29, 0.717) is 0 Å². The number of anilines is 1. The summed E-state index contributed by atoms with van der Waals surface area (Å²) in [5, 5.41) is 0. The van der Waals surface area contributed by atoms with Gasteiger partial charge in [0.15, 0.2) is 0 Å². The minimum Gasteiger partial charge on any atom is -0.398 e. The van der Waals surface area contributed by atoms with Gasteiger partial charge in [-0.05, 0) is 52.4 Å². The van der Waals surface area contributed by atoms with E-state index in [0.717, 1.165) is 10.2 Å². The second-order valence-electron chi connectivity index (χ2n) is 3.39. The number of aryl methyl sites for hydroxylation is 1. The minimum absolute atomic E-state index is 0.913. The molecular weight excluding hydrogens is 213 g/mol. The average molecular weight is 224 g/mol. The van der Waals surface area contributed by atoms with Crippen LogP contribution in [0.3, 0.4) is 0 Å². The third kappa shape index (κ3) is 1.07. The van der Waals surface area contributed by atoms with Gasteiger partial charge in [0.2, 0.25) is 0 Å². The lowest BCUT2D eigenvalue weighted by molar-refractivity contribution is 0.913. The lowest BCUT2D eigenvalue weighted by atomic mass is 9.87.